The van der Waals surface area contributed by atoms with Crippen LogP contribution in [0.2, 0.25) is 0 Å². The molecule has 0 saturated carbocycles. The van der Waals surface area contributed by atoms with Crippen LogP contribution in [0.3, 0.4) is 0 Å². The first-order chi connectivity index (χ1) is 14.0. The van der Waals surface area contributed by atoms with Crippen molar-refractivity contribution in [3.63, 3.8) is 0 Å². The number of fused-ring (bicyclic) bond motifs is 1. The smallest absolute Gasteiger partial charge is 0.234 e. The molecule has 0 atom stereocenters. The highest BCUT2D eigenvalue weighted by Gasteiger charge is 2.14. The van der Waals surface area contributed by atoms with Gasteiger partial charge in [0.2, 0.25) is 4.96 Å². The molecule has 0 aliphatic heterocycles. The van der Waals surface area contributed by atoms with Gasteiger partial charge in [-0.25, -0.2) is 0 Å². The van der Waals surface area contributed by atoms with Crippen molar-refractivity contribution in [2.75, 3.05) is 7.11 Å². The topological polar surface area (TPSA) is 61.5 Å². The number of ether oxygens (including phenoxy) is 2. The van der Waals surface area contributed by atoms with Gasteiger partial charge in [-0.3, -0.25) is 0 Å². The summed E-state index contributed by atoms with van der Waals surface area (Å²) in [6.07, 6.45) is 0.657. The maximum absolute atomic E-state index is 6.12. The van der Waals surface area contributed by atoms with E-state index in [-0.39, 0.29) is 0 Å². The molecule has 0 N–H and O–H groups in total. The van der Waals surface area contributed by atoms with Gasteiger partial charge in [0.25, 0.3) is 0 Å². The number of aromatic nitrogens is 4. The summed E-state index contributed by atoms with van der Waals surface area (Å²) >= 11 is 1.51. The lowest BCUT2D eigenvalue weighted by Crippen LogP contribution is -2.02. The molecule has 4 aromatic rings. The molecule has 0 fully saturated rings. The van der Waals surface area contributed by atoms with Crippen LogP contribution in [0.5, 0.6) is 11.5 Å². The summed E-state index contributed by atoms with van der Waals surface area (Å²) in [5.74, 6) is 2.97. The summed E-state index contributed by atoms with van der Waals surface area (Å²) in [6, 6.07) is 14.3. The maximum Gasteiger partial charge on any atom is 0.234 e. The number of rotatable bonds is 7. The van der Waals surface area contributed by atoms with E-state index in [4.69, 9.17) is 9.47 Å². The number of hydrogen-bond acceptors (Lipinski definition) is 6. The number of hydrogen-bond donors (Lipinski definition) is 0. The molecule has 150 valence electrons. The van der Waals surface area contributed by atoms with Crippen LogP contribution in [-0.4, -0.2) is 26.9 Å². The van der Waals surface area contributed by atoms with Gasteiger partial charge >= 0.3 is 0 Å². The maximum atomic E-state index is 6.12. The van der Waals surface area contributed by atoms with Crippen molar-refractivity contribution in [2.45, 2.75) is 39.7 Å². The van der Waals surface area contributed by atoms with Gasteiger partial charge in [0, 0.05) is 6.42 Å². The molecular formula is C22H24N4O2S. The normalized spacial score (nSPS) is 11.3. The monoisotopic (exact) mass is 408 g/mol. The molecule has 4 rings (SSSR count). The van der Waals surface area contributed by atoms with E-state index in [0.29, 0.717) is 18.9 Å². The number of methoxy groups -OCH3 is 1. The van der Waals surface area contributed by atoms with Crippen LogP contribution in [-0.2, 0) is 13.0 Å². The van der Waals surface area contributed by atoms with Crippen LogP contribution in [0.15, 0.2) is 42.5 Å². The standard InChI is InChI=1S/C22H24N4O2S/c1-14(2)18-10-5-15(3)11-19(18)28-13-21-25-26-20(23-24-22(26)29-21)12-16-6-8-17(27-4)9-7-16/h5-11,14H,12-13H2,1-4H3. The molecule has 2 aromatic carbocycles. The van der Waals surface area contributed by atoms with E-state index in [2.05, 4.69) is 54.3 Å². The SMILES string of the molecule is COc1ccc(Cc2nnc3sc(COc4cc(C)ccc4C(C)C)nn23)cc1. The van der Waals surface area contributed by atoms with Gasteiger partial charge in [-0.05, 0) is 47.7 Å². The van der Waals surface area contributed by atoms with E-state index in [0.717, 1.165) is 32.9 Å². The summed E-state index contributed by atoms with van der Waals surface area (Å²) in [5.41, 5.74) is 3.52. The van der Waals surface area contributed by atoms with Gasteiger partial charge < -0.3 is 9.47 Å². The molecule has 0 spiro atoms. The minimum atomic E-state index is 0.402. The predicted molar refractivity (Wildman–Crippen MR) is 114 cm³/mol. The van der Waals surface area contributed by atoms with Crippen LogP contribution in [0.25, 0.3) is 4.96 Å². The van der Waals surface area contributed by atoms with Crippen LogP contribution in [0, 0.1) is 6.92 Å². The molecule has 0 amide bonds. The zero-order chi connectivity index (χ0) is 20.4. The molecule has 2 heterocycles. The Kier molecular flexibility index (Phi) is 5.49. The van der Waals surface area contributed by atoms with Crippen LogP contribution < -0.4 is 9.47 Å². The zero-order valence-electron chi connectivity index (χ0n) is 17.0. The highest BCUT2D eigenvalue weighted by atomic mass is 32.1. The van der Waals surface area contributed by atoms with Crippen molar-refractivity contribution in [1.82, 2.24) is 19.8 Å². The molecule has 0 radical (unpaired) electrons. The summed E-state index contributed by atoms with van der Waals surface area (Å²) in [5, 5.41) is 14.1. The van der Waals surface area contributed by atoms with E-state index < -0.39 is 0 Å². The quantitative estimate of drug-likeness (QED) is 0.440. The lowest BCUT2D eigenvalue weighted by molar-refractivity contribution is 0.299. The van der Waals surface area contributed by atoms with E-state index >= 15 is 0 Å². The molecule has 6 nitrogen and oxygen atoms in total. The van der Waals surface area contributed by atoms with E-state index in [1.165, 1.54) is 22.5 Å². The fraction of sp³-hybridized carbons (Fsp3) is 0.318. The Morgan fingerprint density at radius 3 is 2.59 bits per heavy atom. The van der Waals surface area contributed by atoms with E-state index in [9.17, 15) is 0 Å². The molecule has 0 aliphatic rings. The Bertz CT molecular complexity index is 1120. The highest BCUT2D eigenvalue weighted by Crippen LogP contribution is 2.28. The van der Waals surface area contributed by atoms with Crippen molar-refractivity contribution < 1.29 is 9.47 Å². The minimum Gasteiger partial charge on any atom is -0.497 e. The Hall–Kier alpha value is -2.93. The molecular weight excluding hydrogens is 384 g/mol. The molecule has 7 heteroatoms. The van der Waals surface area contributed by atoms with Crippen molar-refractivity contribution in [1.29, 1.82) is 0 Å². The average molecular weight is 409 g/mol. The van der Waals surface area contributed by atoms with Crippen LogP contribution >= 0.6 is 11.3 Å². The number of nitrogens with zero attached hydrogens (tertiary/aromatic N) is 4. The van der Waals surface area contributed by atoms with Crippen molar-refractivity contribution in [3.05, 3.63) is 70.0 Å². The Balaban J connectivity index is 1.51. The van der Waals surface area contributed by atoms with Gasteiger partial charge in [-0.2, -0.15) is 9.61 Å². The number of aryl methyl sites for hydroxylation is 1. The van der Waals surface area contributed by atoms with Crippen molar-refractivity contribution in [3.8, 4) is 11.5 Å². The summed E-state index contributed by atoms with van der Waals surface area (Å²) in [6.45, 7) is 6.84. The molecule has 2 aromatic heterocycles. The molecule has 0 bridgehead atoms. The third kappa shape index (κ3) is 4.24. The van der Waals surface area contributed by atoms with Crippen molar-refractivity contribution >= 4 is 16.3 Å². The second kappa shape index (κ2) is 8.21. The summed E-state index contributed by atoms with van der Waals surface area (Å²) in [7, 11) is 1.66. The Morgan fingerprint density at radius 1 is 1.07 bits per heavy atom. The first-order valence-electron chi connectivity index (χ1n) is 9.59. The van der Waals surface area contributed by atoms with Gasteiger partial charge in [-0.1, -0.05) is 49.4 Å². The van der Waals surface area contributed by atoms with E-state index in [1.54, 1.807) is 7.11 Å². The highest BCUT2D eigenvalue weighted by molar-refractivity contribution is 7.16. The zero-order valence-corrected chi connectivity index (χ0v) is 17.9. The third-order valence-corrected chi connectivity index (χ3v) is 5.63. The van der Waals surface area contributed by atoms with Gasteiger partial charge in [0.05, 0.1) is 7.11 Å². The lowest BCUT2D eigenvalue weighted by Gasteiger charge is -2.14. The molecule has 29 heavy (non-hydrogen) atoms. The largest absolute Gasteiger partial charge is 0.497 e. The first kappa shape index (κ1) is 19.4. The van der Waals surface area contributed by atoms with Crippen molar-refractivity contribution in [2.24, 2.45) is 0 Å². The fourth-order valence-electron chi connectivity index (χ4n) is 3.17. The van der Waals surface area contributed by atoms with Gasteiger partial charge in [-0.15, -0.1) is 10.2 Å². The Labute approximate surface area is 174 Å². The summed E-state index contributed by atoms with van der Waals surface area (Å²) < 4.78 is 13.1. The second-order valence-electron chi connectivity index (χ2n) is 7.32. The fourth-order valence-corrected chi connectivity index (χ4v) is 3.94. The number of benzene rings is 2. The van der Waals surface area contributed by atoms with Crippen LogP contribution in [0.4, 0.5) is 0 Å². The Morgan fingerprint density at radius 2 is 1.86 bits per heavy atom. The molecule has 0 aliphatic carbocycles. The van der Waals surface area contributed by atoms with Gasteiger partial charge in [0.1, 0.15) is 18.1 Å². The lowest BCUT2D eigenvalue weighted by atomic mass is 10.0. The second-order valence-corrected chi connectivity index (χ2v) is 8.36. The average Bonchev–Trinajstić information content (AvgIpc) is 3.28. The molecule has 0 unspecified atom stereocenters. The first-order valence-corrected chi connectivity index (χ1v) is 10.4. The summed E-state index contributed by atoms with van der Waals surface area (Å²) in [4.78, 5) is 0.778. The van der Waals surface area contributed by atoms with Crippen LogP contribution in [0.1, 0.15) is 47.3 Å². The predicted octanol–water partition coefficient (Wildman–Crippen LogP) is 4.80. The molecule has 0 saturated heterocycles. The minimum absolute atomic E-state index is 0.402. The third-order valence-electron chi connectivity index (χ3n) is 4.76. The van der Waals surface area contributed by atoms with E-state index in [1.807, 2.05) is 28.8 Å². The van der Waals surface area contributed by atoms with Gasteiger partial charge in [0.15, 0.2) is 10.8 Å².